The second kappa shape index (κ2) is 17.8. The monoisotopic (exact) mass is 593 g/mol. The van der Waals surface area contributed by atoms with Gasteiger partial charge in [-0.3, -0.25) is 14.4 Å². The summed E-state index contributed by atoms with van der Waals surface area (Å²) < 4.78 is 4.93. The summed E-state index contributed by atoms with van der Waals surface area (Å²) in [7, 11) is 1.28. The van der Waals surface area contributed by atoms with Gasteiger partial charge in [-0.1, -0.05) is 78.9 Å². The molecule has 3 rings (SSSR count). The molecule has 10 heteroatoms. The lowest BCUT2D eigenvalue weighted by Crippen LogP contribution is -2.53. The van der Waals surface area contributed by atoms with Gasteiger partial charge in [-0.15, -0.1) is 0 Å². The highest BCUT2D eigenvalue weighted by Gasteiger charge is 2.27. The van der Waals surface area contributed by atoms with E-state index in [2.05, 4.69) is 16.0 Å². The van der Waals surface area contributed by atoms with E-state index in [0.29, 0.717) is 28.6 Å². The first-order chi connectivity index (χ1) is 20.0. The minimum Gasteiger partial charge on any atom is -0.467 e. The summed E-state index contributed by atoms with van der Waals surface area (Å²) in [6.07, 6.45) is -0.000929. The summed E-state index contributed by atoms with van der Waals surface area (Å²) in [5.74, 6) is 0.261. The number of esters is 1. The summed E-state index contributed by atoms with van der Waals surface area (Å²) in [4.78, 5) is 50.8. The Morgan fingerprint density at radius 3 is 1.76 bits per heavy atom. The molecule has 216 valence electrons. The van der Waals surface area contributed by atoms with Crippen molar-refractivity contribution in [2.45, 2.75) is 30.0 Å². The summed E-state index contributed by atoms with van der Waals surface area (Å²) in [6.45, 7) is 0.117. The van der Waals surface area contributed by atoms with Crippen LogP contribution in [0.5, 0.6) is 0 Å². The van der Waals surface area contributed by atoms with E-state index in [1.807, 2.05) is 66.7 Å². The van der Waals surface area contributed by atoms with Crippen LogP contribution < -0.4 is 16.0 Å². The van der Waals surface area contributed by atoms with Gasteiger partial charge in [-0.2, -0.15) is 23.5 Å². The predicted molar refractivity (Wildman–Crippen MR) is 164 cm³/mol. The van der Waals surface area contributed by atoms with E-state index in [-0.39, 0.29) is 24.8 Å². The van der Waals surface area contributed by atoms with Crippen LogP contribution in [0.1, 0.15) is 27.9 Å². The molecule has 2 atom stereocenters. The van der Waals surface area contributed by atoms with Crippen LogP contribution in [0.3, 0.4) is 0 Å². The Morgan fingerprint density at radius 2 is 1.22 bits per heavy atom. The summed E-state index contributed by atoms with van der Waals surface area (Å²) in [5.41, 5.74) is 2.70. The molecule has 0 spiro atoms. The van der Waals surface area contributed by atoms with Crippen LogP contribution in [0.2, 0.25) is 0 Å². The maximum atomic E-state index is 13.3. The van der Waals surface area contributed by atoms with Crippen molar-refractivity contribution in [3.8, 4) is 0 Å². The molecule has 0 heterocycles. The maximum Gasteiger partial charge on any atom is 0.329 e. The summed E-state index contributed by atoms with van der Waals surface area (Å²) >= 11 is 3.01. The van der Waals surface area contributed by atoms with Gasteiger partial charge in [0.2, 0.25) is 11.8 Å². The third-order valence-corrected chi connectivity index (χ3v) is 8.13. The number of rotatable bonds is 16. The Hall–Kier alpha value is -3.76. The number of hydrogen-bond donors (Lipinski definition) is 3. The lowest BCUT2D eigenvalue weighted by atomic mass is 10.2. The molecule has 0 saturated heterocycles. The first-order valence-electron chi connectivity index (χ1n) is 13.2. The van der Waals surface area contributed by atoms with Crippen molar-refractivity contribution in [3.05, 3.63) is 108 Å². The van der Waals surface area contributed by atoms with Crippen molar-refractivity contribution in [1.82, 2.24) is 16.0 Å². The molecule has 3 amide bonds. The second-order valence-corrected chi connectivity index (χ2v) is 11.1. The molecular weight excluding hydrogens is 558 g/mol. The number of benzene rings is 3. The fraction of sp³-hybridized carbons (Fsp3) is 0.290. The van der Waals surface area contributed by atoms with Crippen molar-refractivity contribution >= 4 is 47.2 Å². The average Bonchev–Trinajstić information content (AvgIpc) is 3.01. The van der Waals surface area contributed by atoms with Crippen LogP contribution in [-0.2, 0) is 30.6 Å². The van der Waals surface area contributed by atoms with E-state index in [1.54, 1.807) is 24.3 Å². The van der Waals surface area contributed by atoms with Crippen molar-refractivity contribution in [3.63, 3.8) is 0 Å². The average molecular weight is 594 g/mol. The predicted octanol–water partition coefficient (Wildman–Crippen LogP) is 3.82. The van der Waals surface area contributed by atoms with E-state index in [9.17, 15) is 19.2 Å². The zero-order valence-corrected chi connectivity index (χ0v) is 24.5. The van der Waals surface area contributed by atoms with Crippen molar-refractivity contribution in [2.24, 2.45) is 0 Å². The number of thioether (sulfide) groups is 2. The van der Waals surface area contributed by atoms with Gasteiger partial charge < -0.3 is 20.7 Å². The maximum absolute atomic E-state index is 13.3. The normalized spacial score (nSPS) is 12.0. The van der Waals surface area contributed by atoms with Crippen molar-refractivity contribution in [1.29, 1.82) is 0 Å². The van der Waals surface area contributed by atoms with Crippen LogP contribution in [0.4, 0.5) is 0 Å². The molecule has 41 heavy (non-hydrogen) atoms. The molecular formula is C31H35N3O5S2. The minimum atomic E-state index is -0.882. The summed E-state index contributed by atoms with van der Waals surface area (Å²) in [5, 5.41) is 8.27. The largest absolute Gasteiger partial charge is 0.467 e. The van der Waals surface area contributed by atoms with Gasteiger partial charge in [0.15, 0.2) is 0 Å². The van der Waals surface area contributed by atoms with E-state index in [4.69, 9.17) is 4.74 Å². The Labute approximate surface area is 249 Å². The van der Waals surface area contributed by atoms with Crippen LogP contribution in [0.25, 0.3) is 0 Å². The molecule has 0 aliphatic rings. The van der Waals surface area contributed by atoms with Crippen molar-refractivity contribution < 1.29 is 23.9 Å². The molecule has 0 unspecified atom stereocenters. The molecule has 3 aromatic carbocycles. The SMILES string of the molecule is COC(=O)[C@H](CSCc1ccccc1)NC(=O)[C@@H](CSCc1ccccc1)NC(=O)CCNC(=O)c1ccccc1. The van der Waals surface area contributed by atoms with Gasteiger partial charge in [-0.25, -0.2) is 4.79 Å². The fourth-order valence-electron chi connectivity index (χ4n) is 3.75. The molecule has 0 fully saturated rings. The molecule has 3 aromatic rings. The van der Waals surface area contributed by atoms with Crippen LogP contribution in [0, 0.1) is 0 Å². The molecule has 0 radical (unpaired) electrons. The standard InChI is InChI=1S/C31H35N3O5S2/c1-39-31(38)27(22-41-20-24-13-7-3-8-14-24)34-30(37)26(21-40-19-23-11-5-2-6-12-23)33-28(35)17-18-32-29(36)25-15-9-4-10-16-25/h2-16,26-27H,17-22H2,1H3,(H,32,36)(H,33,35)(H,34,37)/t26-,27+/m1/s1. The van der Waals surface area contributed by atoms with E-state index >= 15 is 0 Å². The van der Waals surface area contributed by atoms with E-state index in [0.717, 1.165) is 11.1 Å². The molecule has 0 saturated carbocycles. The van der Waals surface area contributed by atoms with Gasteiger partial charge in [0.25, 0.3) is 5.91 Å². The molecule has 3 N–H and O–H groups in total. The first kappa shape index (κ1) is 31.8. The van der Waals surface area contributed by atoms with E-state index in [1.165, 1.54) is 30.6 Å². The highest BCUT2D eigenvalue weighted by molar-refractivity contribution is 7.98. The van der Waals surface area contributed by atoms with Gasteiger partial charge in [-0.05, 0) is 23.3 Å². The van der Waals surface area contributed by atoms with Gasteiger partial charge in [0.05, 0.1) is 7.11 Å². The van der Waals surface area contributed by atoms with Crippen LogP contribution in [0.15, 0.2) is 91.0 Å². The van der Waals surface area contributed by atoms with E-state index < -0.39 is 24.0 Å². The summed E-state index contributed by atoms with van der Waals surface area (Å²) in [6, 6.07) is 26.6. The Bertz CT molecular complexity index is 1250. The number of hydrogen-bond acceptors (Lipinski definition) is 7. The van der Waals surface area contributed by atoms with Crippen LogP contribution in [-0.4, -0.2) is 60.9 Å². The fourth-order valence-corrected chi connectivity index (χ4v) is 5.77. The molecule has 0 aromatic heterocycles. The number of nitrogens with one attached hydrogen (secondary N) is 3. The molecule has 0 aliphatic carbocycles. The van der Waals surface area contributed by atoms with Crippen molar-refractivity contribution in [2.75, 3.05) is 25.2 Å². The first-order valence-corrected chi connectivity index (χ1v) is 15.5. The topological polar surface area (TPSA) is 114 Å². The molecule has 8 nitrogen and oxygen atoms in total. The number of carbonyl (C=O) groups excluding carboxylic acids is 4. The van der Waals surface area contributed by atoms with Gasteiger partial charge in [0.1, 0.15) is 12.1 Å². The Kier molecular flexibility index (Phi) is 13.8. The Balaban J connectivity index is 1.57. The third-order valence-electron chi connectivity index (χ3n) is 5.92. The van der Waals surface area contributed by atoms with Gasteiger partial charge >= 0.3 is 5.97 Å². The molecule has 0 bridgehead atoms. The van der Waals surface area contributed by atoms with Gasteiger partial charge in [0, 0.05) is 41.5 Å². The second-order valence-electron chi connectivity index (χ2n) is 9.08. The zero-order chi connectivity index (χ0) is 29.3. The highest BCUT2D eigenvalue weighted by atomic mass is 32.2. The molecule has 0 aliphatic heterocycles. The number of methoxy groups -OCH3 is 1. The number of carbonyl (C=O) groups is 4. The zero-order valence-electron chi connectivity index (χ0n) is 22.9. The lowest BCUT2D eigenvalue weighted by molar-refractivity contribution is -0.144. The highest BCUT2D eigenvalue weighted by Crippen LogP contribution is 2.15. The number of ether oxygens (including phenoxy) is 1. The Morgan fingerprint density at radius 1 is 0.707 bits per heavy atom. The quantitative estimate of drug-likeness (QED) is 0.217. The smallest absolute Gasteiger partial charge is 0.329 e. The van der Waals surface area contributed by atoms with Crippen LogP contribution >= 0.6 is 23.5 Å². The lowest BCUT2D eigenvalue weighted by Gasteiger charge is -2.22. The number of amides is 3. The minimum absolute atomic E-state index is 0.000929. The third kappa shape index (κ3) is 11.7.